The Kier molecular flexibility index (Phi) is 8.74. The van der Waals surface area contributed by atoms with Crippen molar-refractivity contribution >= 4 is 22.6 Å². The average Bonchev–Trinajstić information content (AvgIpc) is 2.91. The van der Waals surface area contributed by atoms with Crippen LogP contribution in [-0.2, 0) is 16.0 Å². The largest absolute Gasteiger partial charge is 0.481 e. The van der Waals surface area contributed by atoms with Crippen molar-refractivity contribution in [1.82, 2.24) is 9.88 Å². The van der Waals surface area contributed by atoms with Crippen LogP contribution in [-0.4, -0.2) is 21.6 Å². The van der Waals surface area contributed by atoms with E-state index in [2.05, 4.69) is 23.5 Å². The Bertz CT molecular complexity index is 1470. The van der Waals surface area contributed by atoms with E-state index < -0.39 is 18.1 Å². The predicted molar refractivity (Wildman–Crippen MR) is 150 cm³/mol. The standard InChI is InChI=1S/C32H34N2O4/c1-3-4-17-29(31(37)33-28(20-30(35)36)24-12-6-5-7-13-24)34-21-22(2)18-26(32(34)38)19-25-15-10-14-23-11-8-9-16-27(23)25/h5-16,18,21,28-29H,3-4,17,19-20H2,1-2H3,(H,33,37)(H,35,36)/t28-,29?/m0/s1. The second-order valence-corrected chi connectivity index (χ2v) is 9.80. The summed E-state index contributed by atoms with van der Waals surface area (Å²) in [6, 6.07) is 23.7. The number of aryl methyl sites for hydroxylation is 1. The molecule has 2 N–H and O–H groups in total. The minimum Gasteiger partial charge on any atom is -0.481 e. The van der Waals surface area contributed by atoms with E-state index in [9.17, 15) is 19.5 Å². The molecule has 0 saturated heterocycles. The molecule has 1 aromatic heterocycles. The van der Waals surface area contributed by atoms with Crippen LogP contribution in [0.2, 0.25) is 0 Å². The van der Waals surface area contributed by atoms with Crippen molar-refractivity contribution < 1.29 is 14.7 Å². The van der Waals surface area contributed by atoms with E-state index >= 15 is 0 Å². The van der Waals surface area contributed by atoms with Crippen LogP contribution in [0.5, 0.6) is 0 Å². The normalized spacial score (nSPS) is 12.7. The maximum atomic E-state index is 13.8. The van der Waals surface area contributed by atoms with Gasteiger partial charge in [0.25, 0.3) is 5.56 Å². The molecular formula is C32H34N2O4. The Balaban J connectivity index is 1.69. The second kappa shape index (κ2) is 12.4. The van der Waals surface area contributed by atoms with Gasteiger partial charge in [-0.2, -0.15) is 0 Å². The molecule has 0 bridgehead atoms. The molecule has 6 heteroatoms. The number of benzene rings is 3. The topological polar surface area (TPSA) is 88.4 Å². The number of nitrogens with one attached hydrogen (secondary N) is 1. The first-order valence-electron chi connectivity index (χ1n) is 13.1. The van der Waals surface area contributed by atoms with Gasteiger partial charge in [-0.05, 0) is 46.9 Å². The zero-order valence-electron chi connectivity index (χ0n) is 21.9. The van der Waals surface area contributed by atoms with E-state index in [-0.39, 0.29) is 17.9 Å². The summed E-state index contributed by atoms with van der Waals surface area (Å²) in [5.41, 5.74) is 3.08. The van der Waals surface area contributed by atoms with E-state index in [4.69, 9.17) is 0 Å². The van der Waals surface area contributed by atoms with Gasteiger partial charge in [0, 0.05) is 18.2 Å². The number of amides is 1. The van der Waals surface area contributed by atoms with Gasteiger partial charge in [0.1, 0.15) is 6.04 Å². The number of rotatable bonds is 11. The van der Waals surface area contributed by atoms with Crippen LogP contribution in [0, 0.1) is 6.92 Å². The molecule has 4 rings (SSSR count). The molecule has 4 aromatic rings. The number of aromatic nitrogens is 1. The summed E-state index contributed by atoms with van der Waals surface area (Å²) in [5.74, 6) is -1.35. The third kappa shape index (κ3) is 6.38. The summed E-state index contributed by atoms with van der Waals surface area (Å²) < 4.78 is 1.55. The van der Waals surface area contributed by atoms with Gasteiger partial charge in [-0.15, -0.1) is 0 Å². The van der Waals surface area contributed by atoms with E-state index in [0.717, 1.165) is 34.7 Å². The molecule has 0 radical (unpaired) electrons. The summed E-state index contributed by atoms with van der Waals surface area (Å²) in [7, 11) is 0. The molecule has 2 atom stereocenters. The number of carbonyl (C=O) groups excluding carboxylic acids is 1. The van der Waals surface area contributed by atoms with E-state index in [0.29, 0.717) is 24.0 Å². The molecule has 0 aliphatic carbocycles. The zero-order valence-corrected chi connectivity index (χ0v) is 21.9. The maximum Gasteiger partial charge on any atom is 0.305 e. The lowest BCUT2D eigenvalue weighted by atomic mass is 9.98. The van der Waals surface area contributed by atoms with Crippen molar-refractivity contribution in [3.63, 3.8) is 0 Å². The molecule has 0 aliphatic rings. The summed E-state index contributed by atoms with van der Waals surface area (Å²) in [6.45, 7) is 3.96. The van der Waals surface area contributed by atoms with Gasteiger partial charge in [-0.3, -0.25) is 14.4 Å². The Hall–Kier alpha value is -4.19. The highest BCUT2D eigenvalue weighted by molar-refractivity contribution is 5.86. The molecule has 196 valence electrons. The number of hydrogen-bond donors (Lipinski definition) is 2. The second-order valence-electron chi connectivity index (χ2n) is 9.80. The highest BCUT2D eigenvalue weighted by atomic mass is 16.4. The smallest absolute Gasteiger partial charge is 0.305 e. The average molecular weight is 511 g/mol. The number of fused-ring (bicyclic) bond motifs is 1. The monoisotopic (exact) mass is 510 g/mol. The van der Waals surface area contributed by atoms with Crippen LogP contribution < -0.4 is 10.9 Å². The Morgan fingerprint density at radius 2 is 1.66 bits per heavy atom. The van der Waals surface area contributed by atoms with Crippen molar-refractivity contribution in [3.8, 4) is 0 Å². The number of carbonyl (C=O) groups is 2. The Morgan fingerprint density at radius 3 is 2.39 bits per heavy atom. The van der Waals surface area contributed by atoms with Gasteiger partial charge in [0.15, 0.2) is 0 Å². The third-order valence-electron chi connectivity index (χ3n) is 6.88. The van der Waals surface area contributed by atoms with Crippen LogP contribution in [0.3, 0.4) is 0 Å². The number of aliphatic carboxylic acids is 1. The SMILES string of the molecule is CCCCC(C(=O)N[C@@H](CC(=O)O)c1ccccc1)n1cc(C)cc(Cc2cccc3ccccc23)c1=O. The summed E-state index contributed by atoms with van der Waals surface area (Å²) in [6.07, 6.45) is 4.05. The fourth-order valence-electron chi connectivity index (χ4n) is 5.00. The number of unbranched alkanes of at least 4 members (excludes halogenated alkanes) is 1. The van der Waals surface area contributed by atoms with Gasteiger partial charge in [0.05, 0.1) is 12.5 Å². The van der Waals surface area contributed by atoms with Crippen molar-refractivity contribution in [1.29, 1.82) is 0 Å². The quantitative estimate of drug-likeness (QED) is 0.260. The minimum absolute atomic E-state index is 0.200. The van der Waals surface area contributed by atoms with E-state index in [1.807, 2.05) is 62.4 Å². The number of carboxylic acid groups (broad SMARTS) is 1. The van der Waals surface area contributed by atoms with Crippen molar-refractivity contribution in [2.75, 3.05) is 0 Å². The lowest BCUT2D eigenvalue weighted by Gasteiger charge is -2.24. The van der Waals surface area contributed by atoms with Crippen molar-refractivity contribution in [2.45, 2.75) is 58.0 Å². The van der Waals surface area contributed by atoms with Crippen LogP contribution in [0.15, 0.2) is 89.9 Å². The summed E-state index contributed by atoms with van der Waals surface area (Å²) in [4.78, 5) is 39.0. The van der Waals surface area contributed by atoms with Crippen molar-refractivity contribution in [3.05, 3.63) is 118 Å². The lowest BCUT2D eigenvalue weighted by molar-refractivity contribution is -0.137. The number of carboxylic acids is 1. The molecule has 3 aromatic carbocycles. The van der Waals surface area contributed by atoms with Gasteiger partial charge in [-0.1, -0.05) is 92.6 Å². The highest BCUT2D eigenvalue weighted by Gasteiger charge is 2.26. The molecular weight excluding hydrogens is 476 g/mol. The van der Waals surface area contributed by atoms with E-state index in [1.54, 1.807) is 22.9 Å². The first kappa shape index (κ1) is 26.9. The lowest BCUT2D eigenvalue weighted by Crippen LogP contribution is -2.40. The third-order valence-corrected chi connectivity index (χ3v) is 6.88. The fourth-order valence-corrected chi connectivity index (χ4v) is 5.00. The van der Waals surface area contributed by atoms with Crippen LogP contribution >= 0.6 is 0 Å². The van der Waals surface area contributed by atoms with Gasteiger partial charge in [0.2, 0.25) is 5.91 Å². The molecule has 6 nitrogen and oxygen atoms in total. The summed E-state index contributed by atoms with van der Waals surface area (Å²) >= 11 is 0. The Labute approximate surface area is 222 Å². The van der Waals surface area contributed by atoms with Gasteiger partial charge >= 0.3 is 5.97 Å². The summed E-state index contributed by atoms with van der Waals surface area (Å²) in [5, 5.41) is 14.6. The van der Waals surface area contributed by atoms with Gasteiger partial charge < -0.3 is 15.0 Å². The molecule has 0 aliphatic heterocycles. The molecule has 1 amide bonds. The molecule has 0 spiro atoms. The van der Waals surface area contributed by atoms with Crippen LogP contribution in [0.25, 0.3) is 10.8 Å². The van der Waals surface area contributed by atoms with Crippen LogP contribution in [0.1, 0.15) is 66.9 Å². The molecule has 38 heavy (non-hydrogen) atoms. The molecule has 0 fully saturated rings. The molecule has 0 saturated carbocycles. The predicted octanol–water partition coefficient (Wildman–Crippen LogP) is 5.96. The minimum atomic E-state index is -1.01. The first-order chi connectivity index (χ1) is 18.4. The number of pyridine rings is 1. The maximum absolute atomic E-state index is 13.8. The van der Waals surface area contributed by atoms with Crippen LogP contribution in [0.4, 0.5) is 0 Å². The van der Waals surface area contributed by atoms with Crippen molar-refractivity contribution in [2.24, 2.45) is 0 Å². The highest BCUT2D eigenvalue weighted by Crippen LogP contribution is 2.23. The van der Waals surface area contributed by atoms with Gasteiger partial charge in [-0.25, -0.2) is 0 Å². The Morgan fingerprint density at radius 1 is 0.947 bits per heavy atom. The number of nitrogens with zero attached hydrogens (tertiary/aromatic N) is 1. The molecule has 1 unspecified atom stereocenters. The zero-order chi connectivity index (χ0) is 27.1. The first-order valence-corrected chi connectivity index (χ1v) is 13.1. The number of hydrogen-bond acceptors (Lipinski definition) is 3. The van der Waals surface area contributed by atoms with E-state index in [1.165, 1.54) is 0 Å². The fraction of sp³-hybridized carbons (Fsp3) is 0.281. The molecule has 1 heterocycles.